The Kier molecular flexibility index (Phi) is 2.56. The molecule has 16 heavy (non-hydrogen) atoms. The standard InChI is InChI=1S/C13H22N2O/c1-2-14-13(16)15-8-11-4-9-3-10(5-11)7-12(15)6-9/h9-12H,2-8H2,1H3,(H,14,16). The molecule has 3 nitrogen and oxygen atoms in total. The molecule has 2 saturated carbocycles. The zero-order valence-corrected chi connectivity index (χ0v) is 10.1. The first-order valence-electron chi connectivity index (χ1n) is 6.80. The normalized spacial score (nSPS) is 40.9. The summed E-state index contributed by atoms with van der Waals surface area (Å²) in [5, 5.41) is 2.97. The van der Waals surface area contributed by atoms with Crippen LogP contribution < -0.4 is 5.32 Å². The lowest BCUT2D eigenvalue weighted by molar-refractivity contribution is 0.132. The highest BCUT2D eigenvalue weighted by molar-refractivity contribution is 5.74. The fourth-order valence-corrected chi connectivity index (χ4v) is 4.29. The second kappa shape index (κ2) is 3.94. The fraction of sp³-hybridized carbons (Fsp3) is 0.923. The number of fused-ring (bicyclic) bond motifs is 1. The molecule has 0 spiro atoms. The molecule has 2 aliphatic heterocycles. The molecule has 4 aliphatic rings. The van der Waals surface area contributed by atoms with Gasteiger partial charge in [-0.25, -0.2) is 4.79 Å². The maximum absolute atomic E-state index is 12.0. The maximum Gasteiger partial charge on any atom is 0.317 e. The summed E-state index contributed by atoms with van der Waals surface area (Å²) in [6.45, 7) is 3.77. The molecule has 2 atom stereocenters. The van der Waals surface area contributed by atoms with Crippen molar-refractivity contribution in [2.24, 2.45) is 17.8 Å². The molecule has 0 aromatic carbocycles. The van der Waals surface area contributed by atoms with Crippen LogP contribution in [-0.4, -0.2) is 30.1 Å². The Morgan fingerprint density at radius 1 is 1.12 bits per heavy atom. The number of hydrogen-bond acceptors (Lipinski definition) is 1. The lowest BCUT2D eigenvalue weighted by atomic mass is 9.68. The van der Waals surface area contributed by atoms with Gasteiger partial charge in [0.2, 0.25) is 0 Å². The quantitative estimate of drug-likeness (QED) is 0.725. The number of carbonyl (C=O) groups is 1. The van der Waals surface area contributed by atoms with E-state index >= 15 is 0 Å². The van der Waals surface area contributed by atoms with Crippen LogP contribution in [0.3, 0.4) is 0 Å². The Bertz CT molecular complexity index is 278. The molecule has 0 aromatic heterocycles. The molecule has 3 heteroatoms. The van der Waals surface area contributed by atoms with E-state index in [1.165, 1.54) is 32.1 Å². The summed E-state index contributed by atoms with van der Waals surface area (Å²) in [7, 11) is 0. The van der Waals surface area contributed by atoms with Crippen molar-refractivity contribution in [2.45, 2.75) is 45.1 Å². The van der Waals surface area contributed by atoms with Crippen molar-refractivity contribution in [3.8, 4) is 0 Å². The van der Waals surface area contributed by atoms with Gasteiger partial charge in [-0.1, -0.05) is 0 Å². The predicted octanol–water partition coefficient (Wildman–Crippen LogP) is 2.23. The summed E-state index contributed by atoms with van der Waals surface area (Å²) in [5.74, 6) is 2.63. The van der Waals surface area contributed by atoms with Crippen LogP contribution in [0.1, 0.15) is 39.0 Å². The van der Waals surface area contributed by atoms with Crippen LogP contribution in [0, 0.1) is 17.8 Å². The summed E-state index contributed by atoms with van der Waals surface area (Å²) in [6.07, 6.45) is 6.73. The highest BCUT2D eigenvalue weighted by Crippen LogP contribution is 2.47. The van der Waals surface area contributed by atoms with E-state index in [9.17, 15) is 4.79 Å². The third kappa shape index (κ3) is 1.70. The Hall–Kier alpha value is -0.730. The van der Waals surface area contributed by atoms with Crippen molar-refractivity contribution in [3.63, 3.8) is 0 Å². The van der Waals surface area contributed by atoms with E-state index in [-0.39, 0.29) is 6.03 Å². The molecule has 2 unspecified atom stereocenters. The van der Waals surface area contributed by atoms with Gasteiger partial charge in [0.1, 0.15) is 0 Å². The minimum absolute atomic E-state index is 0.181. The van der Waals surface area contributed by atoms with Crippen LogP contribution in [0.2, 0.25) is 0 Å². The lowest BCUT2D eigenvalue weighted by Gasteiger charge is -2.38. The summed E-state index contributed by atoms with van der Waals surface area (Å²) >= 11 is 0. The van der Waals surface area contributed by atoms with E-state index in [0.717, 1.165) is 30.8 Å². The van der Waals surface area contributed by atoms with Gasteiger partial charge in [-0.15, -0.1) is 0 Å². The number of rotatable bonds is 1. The molecule has 4 bridgehead atoms. The molecule has 2 amide bonds. The number of nitrogens with zero attached hydrogens (tertiary/aromatic N) is 1. The topological polar surface area (TPSA) is 32.3 Å². The summed E-state index contributed by atoms with van der Waals surface area (Å²) in [5.41, 5.74) is 0. The summed E-state index contributed by atoms with van der Waals surface area (Å²) < 4.78 is 0. The first kappa shape index (κ1) is 10.4. The average Bonchev–Trinajstić information content (AvgIpc) is 2.43. The number of carbonyl (C=O) groups excluding carboxylic acids is 1. The van der Waals surface area contributed by atoms with Gasteiger partial charge in [0.15, 0.2) is 0 Å². The van der Waals surface area contributed by atoms with Crippen LogP contribution in [0.5, 0.6) is 0 Å². The van der Waals surface area contributed by atoms with Crippen molar-refractivity contribution in [2.75, 3.05) is 13.1 Å². The minimum Gasteiger partial charge on any atom is -0.338 e. The van der Waals surface area contributed by atoms with Crippen LogP contribution in [0.15, 0.2) is 0 Å². The smallest absolute Gasteiger partial charge is 0.317 e. The predicted molar refractivity (Wildman–Crippen MR) is 63.1 cm³/mol. The molecule has 0 radical (unpaired) electrons. The van der Waals surface area contributed by atoms with E-state index < -0.39 is 0 Å². The van der Waals surface area contributed by atoms with Gasteiger partial charge in [0.25, 0.3) is 0 Å². The van der Waals surface area contributed by atoms with Crippen molar-refractivity contribution in [3.05, 3.63) is 0 Å². The van der Waals surface area contributed by atoms with Gasteiger partial charge >= 0.3 is 6.03 Å². The second-order valence-electron chi connectivity index (χ2n) is 5.92. The number of hydrogen-bond donors (Lipinski definition) is 1. The van der Waals surface area contributed by atoms with Gasteiger partial charge in [-0.2, -0.15) is 0 Å². The molecular weight excluding hydrogens is 200 g/mol. The monoisotopic (exact) mass is 222 g/mol. The van der Waals surface area contributed by atoms with Gasteiger partial charge in [-0.05, 0) is 56.8 Å². The molecule has 4 rings (SSSR count). The molecule has 2 saturated heterocycles. The second-order valence-corrected chi connectivity index (χ2v) is 5.92. The lowest BCUT2D eigenvalue weighted by Crippen LogP contribution is -2.47. The van der Waals surface area contributed by atoms with Gasteiger partial charge < -0.3 is 10.2 Å². The average molecular weight is 222 g/mol. The van der Waals surface area contributed by atoms with Crippen molar-refractivity contribution >= 4 is 6.03 Å². The third-order valence-electron chi connectivity index (χ3n) is 4.70. The van der Waals surface area contributed by atoms with Crippen molar-refractivity contribution < 1.29 is 4.79 Å². The molecule has 2 aliphatic carbocycles. The van der Waals surface area contributed by atoms with Crippen molar-refractivity contribution in [1.29, 1.82) is 0 Å². The molecule has 1 N–H and O–H groups in total. The molecule has 0 aromatic rings. The Balaban J connectivity index is 1.78. The first-order valence-corrected chi connectivity index (χ1v) is 6.80. The molecule has 4 fully saturated rings. The Morgan fingerprint density at radius 3 is 2.38 bits per heavy atom. The maximum atomic E-state index is 12.0. The minimum atomic E-state index is 0.181. The zero-order valence-electron chi connectivity index (χ0n) is 10.1. The Labute approximate surface area is 97.6 Å². The molecule has 90 valence electrons. The van der Waals surface area contributed by atoms with Gasteiger partial charge in [-0.3, -0.25) is 0 Å². The highest BCUT2D eigenvalue weighted by Gasteiger charge is 2.43. The van der Waals surface area contributed by atoms with Gasteiger partial charge in [0.05, 0.1) is 0 Å². The largest absolute Gasteiger partial charge is 0.338 e. The van der Waals surface area contributed by atoms with Crippen LogP contribution in [0.25, 0.3) is 0 Å². The highest BCUT2D eigenvalue weighted by atomic mass is 16.2. The SMILES string of the molecule is CCNC(=O)N1CC2CC3CC(C2)CC1C3. The first-order chi connectivity index (χ1) is 7.76. The van der Waals surface area contributed by atoms with E-state index in [2.05, 4.69) is 10.2 Å². The van der Waals surface area contributed by atoms with Crippen molar-refractivity contribution in [1.82, 2.24) is 10.2 Å². The molecule has 2 heterocycles. The van der Waals surface area contributed by atoms with Gasteiger partial charge in [0, 0.05) is 19.1 Å². The van der Waals surface area contributed by atoms with Crippen LogP contribution in [0.4, 0.5) is 4.79 Å². The van der Waals surface area contributed by atoms with E-state index in [1.807, 2.05) is 6.92 Å². The number of nitrogens with one attached hydrogen (secondary N) is 1. The van der Waals surface area contributed by atoms with E-state index in [4.69, 9.17) is 0 Å². The Morgan fingerprint density at radius 2 is 1.75 bits per heavy atom. The van der Waals surface area contributed by atoms with E-state index in [0.29, 0.717) is 6.04 Å². The molecular formula is C13H22N2O. The van der Waals surface area contributed by atoms with Crippen LogP contribution >= 0.6 is 0 Å². The van der Waals surface area contributed by atoms with E-state index in [1.54, 1.807) is 0 Å². The third-order valence-corrected chi connectivity index (χ3v) is 4.70. The fourth-order valence-electron chi connectivity index (χ4n) is 4.29. The summed E-state index contributed by atoms with van der Waals surface area (Å²) in [4.78, 5) is 14.2. The number of amides is 2. The number of urea groups is 1. The summed E-state index contributed by atoms with van der Waals surface area (Å²) in [6, 6.07) is 0.725. The zero-order chi connectivity index (χ0) is 11.1. The van der Waals surface area contributed by atoms with Crippen LogP contribution in [-0.2, 0) is 0 Å².